The van der Waals surface area contributed by atoms with Gasteiger partial charge in [0.1, 0.15) is 0 Å². The van der Waals surface area contributed by atoms with Crippen molar-refractivity contribution in [3.8, 4) is 0 Å². The number of benzene rings is 1. The Morgan fingerprint density at radius 2 is 1.88 bits per heavy atom. The van der Waals surface area contributed by atoms with Gasteiger partial charge in [-0.1, -0.05) is 18.2 Å². The van der Waals surface area contributed by atoms with Crippen molar-refractivity contribution >= 4 is 17.4 Å². The summed E-state index contributed by atoms with van der Waals surface area (Å²) in [5, 5.41) is 0. The molecule has 124 valence electrons. The highest BCUT2D eigenvalue weighted by Gasteiger charge is 2.39. The molecule has 2 unspecified atom stereocenters. The smallest absolute Gasteiger partial charge is 0.339 e. The van der Waals surface area contributed by atoms with Gasteiger partial charge in [-0.15, -0.1) is 0 Å². The number of Topliss-reactive ketones (excluding diaryl/α,β-unsaturated/α-hetero) is 1. The van der Waals surface area contributed by atoms with Gasteiger partial charge >= 0.3 is 5.97 Å². The first-order valence-corrected chi connectivity index (χ1v) is 8.00. The average Bonchev–Trinajstić information content (AvgIpc) is 3.07. The topological polar surface area (TPSA) is 59.5 Å². The maximum atomic E-state index is 12.2. The van der Waals surface area contributed by atoms with Crippen molar-refractivity contribution in [1.29, 1.82) is 0 Å². The molecular weight excluding hydrogens is 304 g/mol. The number of ketones is 1. The molecule has 1 aliphatic heterocycles. The van der Waals surface area contributed by atoms with Gasteiger partial charge in [0.15, 0.2) is 5.78 Å². The van der Waals surface area contributed by atoms with Crippen molar-refractivity contribution in [1.82, 2.24) is 4.98 Å². The molecule has 0 aliphatic carbocycles. The Bertz CT molecular complexity index is 745. The number of esters is 1. The lowest BCUT2D eigenvalue weighted by Crippen LogP contribution is -2.37. The normalized spacial score (nSPS) is 20.0. The van der Waals surface area contributed by atoms with E-state index in [0.29, 0.717) is 5.56 Å². The number of ether oxygens (including phenoxy) is 1. The highest BCUT2D eigenvalue weighted by Crippen LogP contribution is 2.41. The van der Waals surface area contributed by atoms with E-state index >= 15 is 0 Å². The summed E-state index contributed by atoms with van der Waals surface area (Å²) in [6.45, 7) is 1.60. The zero-order chi connectivity index (χ0) is 17.1. The molecule has 0 spiro atoms. The summed E-state index contributed by atoms with van der Waals surface area (Å²) < 4.78 is 4.91. The average molecular weight is 324 g/mol. The Morgan fingerprint density at radius 3 is 2.54 bits per heavy atom. The van der Waals surface area contributed by atoms with Crippen molar-refractivity contribution < 1.29 is 14.3 Å². The van der Waals surface area contributed by atoms with Crippen LogP contribution in [-0.2, 0) is 9.53 Å². The number of rotatable bonds is 4. The number of aromatic nitrogens is 1. The molecule has 3 rings (SSSR count). The van der Waals surface area contributed by atoms with Gasteiger partial charge in [-0.3, -0.25) is 9.78 Å². The zero-order valence-electron chi connectivity index (χ0n) is 13.8. The third-order valence-electron chi connectivity index (χ3n) is 4.47. The Balaban J connectivity index is 2.10. The van der Waals surface area contributed by atoms with Crippen LogP contribution in [0, 0.1) is 0 Å². The SMILES string of the molecule is COC(=O)c1ccccc1N1C(C(C)=O)CCC1c1ccccn1. The second kappa shape index (κ2) is 6.83. The molecule has 5 heteroatoms. The van der Waals surface area contributed by atoms with Crippen molar-refractivity contribution in [3.05, 3.63) is 59.9 Å². The van der Waals surface area contributed by atoms with Gasteiger partial charge in [-0.05, 0) is 44.0 Å². The van der Waals surface area contributed by atoms with Crippen LogP contribution in [0.3, 0.4) is 0 Å². The van der Waals surface area contributed by atoms with Crippen molar-refractivity contribution in [2.24, 2.45) is 0 Å². The molecule has 0 saturated carbocycles. The molecule has 1 fully saturated rings. The lowest BCUT2D eigenvalue weighted by atomic mass is 10.1. The van der Waals surface area contributed by atoms with Gasteiger partial charge in [0, 0.05) is 6.20 Å². The summed E-state index contributed by atoms with van der Waals surface area (Å²) in [5.41, 5.74) is 2.09. The maximum Gasteiger partial charge on any atom is 0.339 e. The van der Waals surface area contributed by atoms with E-state index in [1.54, 1.807) is 25.3 Å². The molecule has 1 aromatic heterocycles. The second-order valence-electron chi connectivity index (χ2n) is 5.89. The van der Waals surface area contributed by atoms with Crippen LogP contribution in [0.2, 0.25) is 0 Å². The highest BCUT2D eigenvalue weighted by molar-refractivity contribution is 5.97. The first-order valence-electron chi connectivity index (χ1n) is 8.00. The third kappa shape index (κ3) is 2.89. The number of hydrogen-bond acceptors (Lipinski definition) is 5. The summed E-state index contributed by atoms with van der Waals surface area (Å²) in [4.78, 5) is 30.8. The monoisotopic (exact) mass is 324 g/mol. The Morgan fingerprint density at radius 1 is 1.12 bits per heavy atom. The van der Waals surface area contributed by atoms with Crippen LogP contribution in [0.4, 0.5) is 5.69 Å². The Labute approximate surface area is 141 Å². The molecular formula is C19H20N2O3. The van der Waals surface area contributed by atoms with E-state index in [1.165, 1.54) is 7.11 Å². The molecule has 24 heavy (non-hydrogen) atoms. The number of nitrogens with zero attached hydrogens (tertiary/aromatic N) is 2. The molecule has 5 nitrogen and oxygen atoms in total. The summed E-state index contributed by atoms with van der Waals surface area (Å²) in [7, 11) is 1.36. The molecule has 0 N–H and O–H groups in total. The fraction of sp³-hybridized carbons (Fsp3) is 0.316. The molecule has 2 aromatic rings. The number of para-hydroxylation sites is 1. The van der Waals surface area contributed by atoms with Crippen LogP contribution >= 0.6 is 0 Å². The van der Waals surface area contributed by atoms with Crippen LogP contribution in [-0.4, -0.2) is 29.9 Å². The Kier molecular flexibility index (Phi) is 4.60. The predicted octanol–water partition coefficient (Wildman–Crippen LogP) is 3.17. The second-order valence-corrected chi connectivity index (χ2v) is 5.89. The highest BCUT2D eigenvalue weighted by atomic mass is 16.5. The molecule has 2 atom stereocenters. The molecule has 0 radical (unpaired) electrons. The van der Waals surface area contributed by atoms with Crippen LogP contribution < -0.4 is 4.90 Å². The molecule has 0 amide bonds. The minimum atomic E-state index is -0.403. The van der Waals surface area contributed by atoms with E-state index in [4.69, 9.17) is 4.74 Å². The quantitative estimate of drug-likeness (QED) is 0.809. The predicted molar refractivity (Wildman–Crippen MR) is 90.9 cm³/mol. The summed E-state index contributed by atoms with van der Waals surface area (Å²) in [6, 6.07) is 12.7. The van der Waals surface area contributed by atoms with Gasteiger partial charge in [0.2, 0.25) is 0 Å². The number of hydrogen-bond donors (Lipinski definition) is 0. The molecule has 2 heterocycles. The lowest BCUT2D eigenvalue weighted by Gasteiger charge is -2.32. The number of carbonyl (C=O) groups excluding carboxylic acids is 2. The largest absolute Gasteiger partial charge is 0.465 e. The van der Waals surface area contributed by atoms with Gasteiger partial charge in [-0.2, -0.15) is 0 Å². The molecule has 1 aliphatic rings. The van der Waals surface area contributed by atoms with Gasteiger partial charge in [0.25, 0.3) is 0 Å². The first kappa shape index (κ1) is 16.2. The zero-order valence-corrected chi connectivity index (χ0v) is 13.8. The molecule has 1 aromatic carbocycles. The lowest BCUT2D eigenvalue weighted by molar-refractivity contribution is -0.118. The van der Waals surface area contributed by atoms with E-state index in [2.05, 4.69) is 4.98 Å². The van der Waals surface area contributed by atoms with Crippen molar-refractivity contribution in [2.75, 3.05) is 12.0 Å². The van der Waals surface area contributed by atoms with Crippen molar-refractivity contribution in [3.63, 3.8) is 0 Å². The van der Waals surface area contributed by atoms with E-state index < -0.39 is 5.97 Å². The summed E-state index contributed by atoms with van der Waals surface area (Å²) in [6.07, 6.45) is 3.31. The maximum absolute atomic E-state index is 12.2. The van der Waals surface area contributed by atoms with Crippen molar-refractivity contribution in [2.45, 2.75) is 31.8 Å². The van der Waals surface area contributed by atoms with Crippen LogP contribution in [0.5, 0.6) is 0 Å². The van der Waals surface area contributed by atoms with E-state index in [0.717, 1.165) is 24.2 Å². The number of anilines is 1. The summed E-state index contributed by atoms with van der Waals surface area (Å²) in [5.74, 6) is -0.312. The fourth-order valence-electron chi connectivity index (χ4n) is 3.39. The van der Waals surface area contributed by atoms with Gasteiger partial charge in [-0.25, -0.2) is 4.79 Å². The van der Waals surface area contributed by atoms with Crippen LogP contribution in [0.25, 0.3) is 0 Å². The fourth-order valence-corrected chi connectivity index (χ4v) is 3.39. The third-order valence-corrected chi connectivity index (χ3v) is 4.47. The van der Waals surface area contributed by atoms with Crippen LogP contribution in [0.1, 0.15) is 41.9 Å². The minimum Gasteiger partial charge on any atom is -0.465 e. The van der Waals surface area contributed by atoms with Gasteiger partial charge < -0.3 is 9.64 Å². The van der Waals surface area contributed by atoms with Gasteiger partial charge in [0.05, 0.1) is 36.1 Å². The Hall–Kier alpha value is -2.69. The van der Waals surface area contributed by atoms with E-state index in [9.17, 15) is 9.59 Å². The number of pyridine rings is 1. The number of methoxy groups -OCH3 is 1. The van der Waals surface area contributed by atoms with Crippen LogP contribution in [0.15, 0.2) is 48.7 Å². The number of carbonyl (C=O) groups is 2. The first-order chi connectivity index (χ1) is 11.6. The standard InChI is InChI=1S/C19H20N2O3/c1-13(22)16-10-11-18(15-8-5-6-12-20-15)21(16)17-9-4-3-7-14(17)19(23)24-2/h3-9,12,16,18H,10-11H2,1-2H3. The molecule has 1 saturated heterocycles. The summed E-state index contributed by atoms with van der Waals surface area (Å²) >= 11 is 0. The van der Waals surface area contributed by atoms with E-state index in [1.807, 2.05) is 35.2 Å². The minimum absolute atomic E-state index is 0.0362. The molecule has 0 bridgehead atoms. The van der Waals surface area contributed by atoms with E-state index in [-0.39, 0.29) is 17.9 Å².